The number of rotatable bonds is 6. The Morgan fingerprint density at radius 2 is 2.26 bits per heavy atom. The zero-order valence-corrected chi connectivity index (χ0v) is 11.2. The van der Waals surface area contributed by atoms with Gasteiger partial charge in [-0.1, -0.05) is 18.1 Å². The maximum absolute atomic E-state index is 13.0. The number of hydrogen-bond acceptors (Lipinski definition) is 4. The summed E-state index contributed by atoms with van der Waals surface area (Å²) >= 11 is 0. The number of nitrogens with two attached hydrogens (primary N) is 1. The highest BCUT2D eigenvalue weighted by Crippen LogP contribution is 2.12. The van der Waals surface area contributed by atoms with Crippen LogP contribution in [0.4, 0.5) is 4.39 Å². The second-order valence-electron chi connectivity index (χ2n) is 3.98. The molecule has 0 aliphatic rings. The lowest BCUT2D eigenvalue weighted by Gasteiger charge is -2.16. The largest absolute Gasteiger partial charge is 0.409 e. The molecule has 1 unspecified atom stereocenters. The van der Waals surface area contributed by atoms with Crippen LogP contribution in [0.2, 0.25) is 0 Å². The van der Waals surface area contributed by atoms with Crippen molar-refractivity contribution in [1.82, 2.24) is 4.72 Å². The van der Waals surface area contributed by atoms with E-state index in [2.05, 4.69) is 9.88 Å². The van der Waals surface area contributed by atoms with Gasteiger partial charge in [-0.25, -0.2) is 17.5 Å². The van der Waals surface area contributed by atoms with Crippen molar-refractivity contribution in [2.45, 2.75) is 30.7 Å². The van der Waals surface area contributed by atoms with Crippen molar-refractivity contribution < 1.29 is 18.0 Å². The van der Waals surface area contributed by atoms with Crippen LogP contribution in [0.3, 0.4) is 0 Å². The number of halogens is 1. The minimum absolute atomic E-state index is 0.0710. The summed E-state index contributed by atoms with van der Waals surface area (Å²) in [5.41, 5.74) is 5.34. The van der Waals surface area contributed by atoms with Crippen LogP contribution in [0.25, 0.3) is 0 Å². The third-order valence-corrected chi connectivity index (χ3v) is 4.02. The molecule has 4 N–H and O–H groups in total. The van der Waals surface area contributed by atoms with Gasteiger partial charge in [-0.3, -0.25) is 0 Å². The van der Waals surface area contributed by atoms with Gasteiger partial charge in [-0.2, -0.15) is 0 Å². The molecule has 0 fully saturated rings. The van der Waals surface area contributed by atoms with Gasteiger partial charge in [-0.05, 0) is 24.6 Å². The number of oxime groups is 1. The lowest BCUT2D eigenvalue weighted by molar-refractivity contribution is 0.316. The van der Waals surface area contributed by atoms with Crippen LogP contribution in [0.15, 0.2) is 34.3 Å². The molecule has 19 heavy (non-hydrogen) atoms. The van der Waals surface area contributed by atoms with Gasteiger partial charge in [0, 0.05) is 12.5 Å². The van der Waals surface area contributed by atoms with E-state index >= 15 is 0 Å². The molecule has 0 aliphatic heterocycles. The second kappa shape index (κ2) is 6.48. The number of nitrogens with zero attached hydrogens (tertiary/aromatic N) is 1. The van der Waals surface area contributed by atoms with Crippen molar-refractivity contribution in [3.8, 4) is 0 Å². The summed E-state index contributed by atoms with van der Waals surface area (Å²) in [6.45, 7) is 1.75. The van der Waals surface area contributed by atoms with Gasteiger partial charge >= 0.3 is 0 Å². The van der Waals surface area contributed by atoms with Gasteiger partial charge in [0.25, 0.3) is 0 Å². The Hall–Kier alpha value is -1.67. The van der Waals surface area contributed by atoms with Crippen LogP contribution in [-0.4, -0.2) is 25.5 Å². The molecule has 1 aromatic carbocycles. The molecular weight excluding hydrogens is 273 g/mol. The molecule has 0 heterocycles. The van der Waals surface area contributed by atoms with Crippen molar-refractivity contribution >= 4 is 15.9 Å². The van der Waals surface area contributed by atoms with E-state index in [1.165, 1.54) is 12.1 Å². The Labute approximate surface area is 111 Å². The highest BCUT2D eigenvalue weighted by Gasteiger charge is 2.20. The van der Waals surface area contributed by atoms with Crippen LogP contribution in [0.5, 0.6) is 0 Å². The summed E-state index contributed by atoms with van der Waals surface area (Å²) in [5.74, 6) is -0.707. The quantitative estimate of drug-likeness (QED) is 0.315. The van der Waals surface area contributed by atoms with Gasteiger partial charge in [0.2, 0.25) is 10.0 Å². The molecule has 1 rings (SSSR count). The topological polar surface area (TPSA) is 105 Å². The predicted molar refractivity (Wildman–Crippen MR) is 68.8 cm³/mol. The Balaban J connectivity index is 2.89. The number of amidine groups is 1. The van der Waals surface area contributed by atoms with E-state index in [-0.39, 0.29) is 17.2 Å². The van der Waals surface area contributed by atoms with Crippen LogP contribution in [0, 0.1) is 5.82 Å². The predicted octanol–water partition coefficient (Wildman–Crippen LogP) is 1.02. The smallest absolute Gasteiger partial charge is 0.240 e. The molecule has 1 aromatic rings. The number of nitrogens with one attached hydrogen (secondary N) is 1. The van der Waals surface area contributed by atoms with Crippen LogP contribution < -0.4 is 10.5 Å². The fraction of sp³-hybridized carbons (Fsp3) is 0.364. The lowest BCUT2D eigenvalue weighted by Crippen LogP contribution is -2.37. The number of hydrogen-bond donors (Lipinski definition) is 3. The van der Waals surface area contributed by atoms with Gasteiger partial charge in [0.05, 0.1) is 4.90 Å². The normalized spacial score (nSPS) is 14.3. The molecule has 0 saturated heterocycles. The Bertz CT molecular complexity index is 560. The number of benzene rings is 1. The van der Waals surface area contributed by atoms with Crippen LogP contribution >= 0.6 is 0 Å². The molecule has 8 heteroatoms. The van der Waals surface area contributed by atoms with E-state index in [1.54, 1.807) is 6.92 Å². The zero-order valence-electron chi connectivity index (χ0n) is 10.4. The van der Waals surface area contributed by atoms with Crippen LogP contribution in [-0.2, 0) is 10.0 Å². The van der Waals surface area contributed by atoms with Crippen LogP contribution in [0.1, 0.15) is 19.8 Å². The summed E-state index contributed by atoms with van der Waals surface area (Å²) in [5, 5.41) is 11.3. The fourth-order valence-electron chi connectivity index (χ4n) is 1.48. The molecule has 1 atom stereocenters. The number of sulfonamides is 1. The van der Waals surface area contributed by atoms with Gasteiger partial charge < -0.3 is 10.9 Å². The highest BCUT2D eigenvalue weighted by atomic mass is 32.2. The van der Waals surface area contributed by atoms with Gasteiger partial charge in [0.15, 0.2) is 0 Å². The molecule has 0 aliphatic carbocycles. The first-order valence-corrected chi connectivity index (χ1v) is 7.11. The summed E-state index contributed by atoms with van der Waals surface area (Å²) in [7, 11) is -3.83. The first kappa shape index (κ1) is 15.4. The molecule has 106 valence electrons. The molecule has 0 aromatic heterocycles. The maximum Gasteiger partial charge on any atom is 0.240 e. The van der Waals surface area contributed by atoms with E-state index in [1.807, 2.05) is 0 Å². The summed E-state index contributed by atoms with van der Waals surface area (Å²) in [4.78, 5) is -0.162. The summed E-state index contributed by atoms with van der Waals surface area (Å²) in [6, 6.07) is 4.17. The lowest BCUT2D eigenvalue weighted by atomic mass is 10.1. The third-order valence-electron chi connectivity index (χ3n) is 2.50. The van der Waals surface area contributed by atoms with E-state index in [9.17, 15) is 12.8 Å². The van der Waals surface area contributed by atoms with E-state index in [4.69, 9.17) is 10.9 Å². The second-order valence-corrected chi connectivity index (χ2v) is 5.69. The standard InChI is InChI=1S/C11H16FN3O3S/c1-2-9(7-11(13)14-16)15-19(17,18)10-5-3-4-8(12)6-10/h3-6,9,15-16H,2,7H2,1H3,(H2,13,14). The average molecular weight is 289 g/mol. The maximum atomic E-state index is 13.0. The molecule has 0 amide bonds. The first-order valence-electron chi connectivity index (χ1n) is 5.63. The van der Waals surface area contributed by atoms with Gasteiger partial charge in [-0.15, -0.1) is 0 Å². The highest BCUT2D eigenvalue weighted by molar-refractivity contribution is 7.89. The monoisotopic (exact) mass is 289 g/mol. The average Bonchev–Trinajstić information content (AvgIpc) is 2.37. The van der Waals surface area contributed by atoms with Crippen molar-refractivity contribution in [1.29, 1.82) is 0 Å². The fourth-order valence-corrected chi connectivity index (χ4v) is 2.83. The summed E-state index contributed by atoms with van der Waals surface area (Å²) < 4.78 is 39.4. The van der Waals surface area contributed by atoms with E-state index in [0.29, 0.717) is 6.42 Å². The third kappa shape index (κ3) is 4.49. The molecule has 0 saturated carbocycles. The molecule has 0 radical (unpaired) electrons. The van der Waals surface area contributed by atoms with E-state index < -0.39 is 21.9 Å². The Morgan fingerprint density at radius 1 is 1.58 bits per heavy atom. The minimum Gasteiger partial charge on any atom is -0.409 e. The molecule has 0 bridgehead atoms. The summed E-state index contributed by atoms with van der Waals surface area (Å²) in [6.07, 6.45) is 0.520. The van der Waals surface area contributed by atoms with Crippen molar-refractivity contribution in [2.75, 3.05) is 0 Å². The minimum atomic E-state index is -3.83. The van der Waals surface area contributed by atoms with Crippen molar-refractivity contribution in [2.24, 2.45) is 10.9 Å². The van der Waals surface area contributed by atoms with E-state index in [0.717, 1.165) is 12.1 Å². The zero-order chi connectivity index (χ0) is 14.5. The molecule has 6 nitrogen and oxygen atoms in total. The van der Waals surface area contributed by atoms with Crippen molar-refractivity contribution in [3.05, 3.63) is 30.1 Å². The Kier molecular flexibility index (Phi) is 5.25. The molecular formula is C11H16FN3O3S. The first-order chi connectivity index (χ1) is 8.89. The SMILES string of the molecule is CCC(CC(N)=NO)NS(=O)(=O)c1cccc(F)c1. The molecule has 0 spiro atoms. The van der Waals surface area contributed by atoms with Gasteiger partial charge in [0.1, 0.15) is 11.7 Å². The van der Waals surface area contributed by atoms with Crippen molar-refractivity contribution in [3.63, 3.8) is 0 Å². The Morgan fingerprint density at radius 3 is 2.79 bits per heavy atom.